The van der Waals surface area contributed by atoms with Gasteiger partial charge in [-0.25, -0.2) is 0 Å². The van der Waals surface area contributed by atoms with E-state index >= 15 is 0 Å². The summed E-state index contributed by atoms with van der Waals surface area (Å²) in [6.07, 6.45) is 14.5. The van der Waals surface area contributed by atoms with E-state index in [1.807, 2.05) is 6.08 Å². The second-order valence-electron chi connectivity index (χ2n) is 6.84. The Bertz CT molecular complexity index is 536. The summed E-state index contributed by atoms with van der Waals surface area (Å²) in [6, 6.07) is 8.64. The SMILES string of the molecule is CCCCO[C@H]1CC[C@H](C=CC#Cc2ccc(CCC)cc2)CC1. The lowest BCUT2D eigenvalue weighted by molar-refractivity contribution is 0.0209. The molecule has 0 N–H and O–H groups in total. The van der Waals surface area contributed by atoms with Crippen LogP contribution in [0.1, 0.15) is 69.9 Å². The van der Waals surface area contributed by atoms with Crippen molar-refractivity contribution in [2.75, 3.05) is 6.61 Å². The summed E-state index contributed by atoms with van der Waals surface area (Å²) in [6.45, 7) is 5.36. The van der Waals surface area contributed by atoms with Crippen molar-refractivity contribution in [2.45, 2.75) is 71.3 Å². The van der Waals surface area contributed by atoms with E-state index in [0.29, 0.717) is 12.0 Å². The van der Waals surface area contributed by atoms with Gasteiger partial charge in [0, 0.05) is 12.2 Å². The smallest absolute Gasteiger partial charge is 0.0575 e. The molecule has 0 bridgehead atoms. The summed E-state index contributed by atoms with van der Waals surface area (Å²) in [5, 5.41) is 0. The highest BCUT2D eigenvalue weighted by Gasteiger charge is 2.19. The fraction of sp³-hybridized carbons (Fsp3) is 0.565. The fourth-order valence-corrected chi connectivity index (χ4v) is 3.19. The van der Waals surface area contributed by atoms with Gasteiger partial charge in [0.25, 0.3) is 0 Å². The monoisotopic (exact) mass is 324 g/mol. The van der Waals surface area contributed by atoms with Gasteiger partial charge in [-0.2, -0.15) is 0 Å². The molecule has 1 aromatic carbocycles. The van der Waals surface area contributed by atoms with Gasteiger partial charge >= 0.3 is 0 Å². The van der Waals surface area contributed by atoms with Gasteiger partial charge in [-0.05, 0) is 68.2 Å². The number of hydrogen-bond donors (Lipinski definition) is 0. The molecule has 0 atom stereocenters. The molecule has 1 saturated carbocycles. The van der Waals surface area contributed by atoms with Crippen LogP contribution in [0.25, 0.3) is 0 Å². The highest BCUT2D eigenvalue weighted by atomic mass is 16.5. The molecule has 0 radical (unpaired) electrons. The average Bonchev–Trinajstić information content (AvgIpc) is 2.62. The standard InChI is InChI=1S/C23H32O/c1-3-5-19-24-23-17-15-22(16-18-23)10-7-6-9-21-13-11-20(8-4-2)12-14-21/h7,10-14,22-23H,3-5,8,15-19H2,1-2H3/t22-,23-. The van der Waals surface area contributed by atoms with E-state index in [1.165, 1.54) is 50.5 Å². The Kier molecular flexibility index (Phi) is 8.71. The van der Waals surface area contributed by atoms with Gasteiger partial charge in [0.05, 0.1) is 6.10 Å². The minimum Gasteiger partial charge on any atom is -0.378 e. The number of aryl methyl sites for hydroxylation is 1. The van der Waals surface area contributed by atoms with Gasteiger partial charge < -0.3 is 4.74 Å². The lowest BCUT2D eigenvalue weighted by Crippen LogP contribution is -2.21. The van der Waals surface area contributed by atoms with Crippen LogP contribution in [0.15, 0.2) is 36.4 Å². The molecule has 1 fully saturated rings. The van der Waals surface area contributed by atoms with Crippen LogP contribution in [0.2, 0.25) is 0 Å². The molecule has 0 amide bonds. The molecule has 0 saturated heterocycles. The molecule has 0 unspecified atom stereocenters. The van der Waals surface area contributed by atoms with Crippen LogP contribution in [-0.4, -0.2) is 12.7 Å². The summed E-state index contributed by atoms with van der Waals surface area (Å²) in [5.74, 6) is 7.10. The predicted molar refractivity (Wildman–Crippen MR) is 103 cm³/mol. The molecule has 1 aromatic rings. The van der Waals surface area contributed by atoms with Crippen molar-refractivity contribution < 1.29 is 4.74 Å². The van der Waals surface area contributed by atoms with E-state index in [1.54, 1.807) is 0 Å². The first-order chi connectivity index (χ1) is 11.8. The summed E-state index contributed by atoms with van der Waals surface area (Å²) in [7, 11) is 0. The van der Waals surface area contributed by atoms with E-state index < -0.39 is 0 Å². The summed E-state index contributed by atoms with van der Waals surface area (Å²) < 4.78 is 5.93. The van der Waals surface area contributed by atoms with Crippen LogP contribution in [-0.2, 0) is 11.2 Å². The minimum absolute atomic E-state index is 0.494. The number of ether oxygens (including phenoxy) is 1. The molecule has 0 spiro atoms. The molecule has 1 aliphatic carbocycles. The predicted octanol–water partition coefficient (Wildman–Crippen LogP) is 5.92. The topological polar surface area (TPSA) is 9.23 Å². The molecule has 0 heterocycles. The van der Waals surface area contributed by atoms with Crippen LogP contribution in [0.5, 0.6) is 0 Å². The zero-order chi connectivity index (χ0) is 17.0. The number of allylic oxidation sites excluding steroid dienone is 2. The van der Waals surface area contributed by atoms with E-state index in [0.717, 1.165) is 18.6 Å². The molecule has 0 aliphatic heterocycles. The maximum Gasteiger partial charge on any atom is 0.0575 e. The van der Waals surface area contributed by atoms with Gasteiger partial charge in [-0.1, -0.05) is 56.7 Å². The highest BCUT2D eigenvalue weighted by molar-refractivity contribution is 5.38. The van der Waals surface area contributed by atoms with Gasteiger partial charge in [0.2, 0.25) is 0 Å². The third-order valence-electron chi connectivity index (χ3n) is 4.73. The van der Waals surface area contributed by atoms with Gasteiger partial charge in [0.15, 0.2) is 0 Å². The maximum atomic E-state index is 5.93. The van der Waals surface area contributed by atoms with E-state index in [9.17, 15) is 0 Å². The van der Waals surface area contributed by atoms with Crippen molar-refractivity contribution in [3.8, 4) is 11.8 Å². The second kappa shape index (κ2) is 11.1. The van der Waals surface area contributed by atoms with Crippen molar-refractivity contribution in [2.24, 2.45) is 5.92 Å². The molecule has 1 aliphatic rings. The number of rotatable bonds is 7. The normalized spacial score (nSPS) is 20.8. The number of unbranched alkanes of at least 4 members (excludes halogenated alkanes) is 1. The first kappa shape index (κ1) is 18.8. The molecule has 130 valence electrons. The quantitative estimate of drug-likeness (QED) is 0.446. The number of benzene rings is 1. The summed E-state index contributed by atoms with van der Waals surface area (Å²) in [5.41, 5.74) is 2.50. The first-order valence-electron chi connectivity index (χ1n) is 9.70. The largest absolute Gasteiger partial charge is 0.378 e. The Balaban J connectivity index is 1.71. The van der Waals surface area contributed by atoms with Gasteiger partial charge in [-0.3, -0.25) is 0 Å². The summed E-state index contributed by atoms with van der Waals surface area (Å²) in [4.78, 5) is 0. The Hall–Kier alpha value is -1.52. The van der Waals surface area contributed by atoms with Gasteiger partial charge in [-0.15, -0.1) is 0 Å². The number of hydrogen-bond acceptors (Lipinski definition) is 1. The minimum atomic E-state index is 0.494. The van der Waals surface area contributed by atoms with Crippen molar-refractivity contribution in [3.63, 3.8) is 0 Å². The fourth-order valence-electron chi connectivity index (χ4n) is 3.19. The maximum absolute atomic E-state index is 5.93. The van der Waals surface area contributed by atoms with E-state index in [2.05, 4.69) is 56.0 Å². The van der Waals surface area contributed by atoms with Crippen LogP contribution < -0.4 is 0 Å². The molecule has 1 nitrogen and oxygen atoms in total. The molecule has 24 heavy (non-hydrogen) atoms. The molecule has 1 heteroatoms. The molecule has 0 aromatic heterocycles. The van der Waals surface area contributed by atoms with Gasteiger partial charge in [0.1, 0.15) is 0 Å². The Morgan fingerprint density at radius 2 is 1.79 bits per heavy atom. The van der Waals surface area contributed by atoms with Crippen LogP contribution >= 0.6 is 0 Å². The van der Waals surface area contributed by atoms with Crippen molar-refractivity contribution in [1.82, 2.24) is 0 Å². The van der Waals surface area contributed by atoms with Crippen molar-refractivity contribution in [1.29, 1.82) is 0 Å². The molecule has 2 rings (SSSR count). The second-order valence-corrected chi connectivity index (χ2v) is 6.84. The third-order valence-corrected chi connectivity index (χ3v) is 4.73. The van der Waals surface area contributed by atoms with Crippen LogP contribution in [0, 0.1) is 17.8 Å². The van der Waals surface area contributed by atoms with E-state index in [4.69, 9.17) is 4.74 Å². The Labute approximate surface area is 148 Å². The van der Waals surface area contributed by atoms with Crippen molar-refractivity contribution >= 4 is 0 Å². The zero-order valence-corrected chi connectivity index (χ0v) is 15.4. The zero-order valence-electron chi connectivity index (χ0n) is 15.4. The van der Waals surface area contributed by atoms with Crippen LogP contribution in [0.4, 0.5) is 0 Å². The lowest BCUT2D eigenvalue weighted by Gasteiger charge is -2.26. The summed E-state index contributed by atoms with van der Waals surface area (Å²) >= 11 is 0. The molecular formula is C23H32O. The van der Waals surface area contributed by atoms with Crippen LogP contribution in [0.3, 0.4) is 0 Å². The van der Waals surface area contributed by atoms with E-state index in [-0.39, 0.29) is 0 Å². The molecular weight excluding hydrogens is 292 g/mol. The Morgan fingerprint density at radius 3 is 2.46 bits per heavy atom. The first-order valence-corrected chi connectivity index (χ1v) is 9.70. The lowest BCUT2D eigenvalue weighted by atomic mass is 9.87. The average molecular weight is 325 g/mol. The van der Waals surface area contributed by atoms with Crippen molar-refractivity contribution in [3.05, 3.63) is 47.5 Å². The third kappa shape index (κ3) is 6.93. The Morgan fingerprint density at radius 1 is 1.04 bits per heavy atom. The highest BCUT2D eigenvalue weighted by Crippen LogP contribution is 2.27.